The highest BCUT2D eigenvalue weighted by Gasteiger charge is 2.30. The third kappa shape index (κ3) is 3.12. The van der Waals surface area contributed by atoms with E-state index in [4.69, 9.17) is 0 Å². The number of fused-ring (bicyclic) bond motifs is 3. The van der Waals surface area contributed by atoms with Crippen LogP contribution in [-0.2, 0) is 4.79 Å². The largest absolute Gasteiger partial charge is 0.319 e. The number of hydrogen-bond donors (Lipinski definition) is 1. The van der Waals surface area contributed by atoms with Crippen molar-refractivity contribution in [1.82, 2.24) is 14.2 Å². The molecule has 0 unspecified atom stereocenters. The van der Waals surface area contributed by atoms with Gasteiger partial charge in [-0.1, -0.05) is 19.1 Å². The number of anilines is 1. The molecule has 166 valence electrons. The average molecular weight is 450 g/mol. The average Bonchev–Trinajstić information content (AvgIpc) is 3.09. The highest BCUT2D eigenvalue weighted by molar-refractivity contribution is 5.97. The maximum absolute atomic E-state index is 14.1. The quantitative estimate of drug-likeness (QED) is 0.287. The molecule has 0 radical (unpaired) electrons. The van der Waals surface area contributed by atoms with Crippen molar-refractivity contribution in [1.29, 1.82) is 0 Å². The summed E-state index contributed by atoms with van der Waals surface area (Å²) in [6.07, 6.45) is 0.0839. The van der Waals surface area contributed by atoms with Gasteiger partial charge >= 0.3 is 0 Å². The smallest absolute Gasteiger partial charge is 0.273 e. The van der Waals surface area contributed by atoms with Gasteiger partial charge in [-0.05, 0) is 25.5 Å². The molecule has 1 N–H and O–H groups in total. The topological polar surface area (TPSA) is 68.4 Å². The first-order valence-corrected chi connectivity index (χ1v) is 9.49. The molecular weight excluding hydrogens is 435 g/mol. The highest BCUT2D eigenvalue weighted by Crippen LogP contribution is 2.30. The van der Waals surface area contributed by atoms with Gasteiger partial charge in [-0.15, -0.1) is 0 Å². The Hall–Kier alpha value is -3.76. The Labute approximate surface area is 176 Å². The Morgan fingerprint density at radius 1 is 1.03 bits per heavy atom. The van der Waals surface area contributed by atoms with Crippen LogP contribution in [0.1, 0.15) is 25.1 Å². The molecule has 0 spiro atoms. The summed E-state index contributed by atoms with van der Waals surface area (Å²) in [6, 6.07) is 6.83. The van der Waals surface area contributed by atoms with Gasteiger partial charge in [0.1, 0.15) is 11.7 Å². The first-order valence-electron chi connectivity index (χ1n) is 9.49. The molecule has 0 aliphatic heterocycles. The zero-order valence-electron chi connectivity index (χ0n) is 16.7. The van der Waals surface area contributed by atoms with Crippen LogP contribution in [0.15, 0.2) is 35.1 Å². The number of carbonyl (C=O) groups is 1. The van der Waals surface area contributed by atoms with E-state index in [0.29, 0.717) is 16.6 Å². The number of hydrogen-bond acceptors (Lipinski definition) is 3. The molecule has 0 bridgehead atoms. The molecule has 0 aliphatic rings. The Bertz CT molecular complexity index is 1430. The van der Waals surface area contributed by atoms with E-state index in [0.717, 1.165) is 0 Å². The number of para-hydroxylation sites is 1. The zero-order valence-corrected chi connectivity index (χ0v) is 16.7. The van der Waals surface area contributed by atoms with E-state index < -0.39 is 52.3 Å². The lowest BCUT2D eigenvalue weighted by atomic mass is 10.1. The predicted molar refractivity (Wildman–Crippen MR) is 106 cm³/mol. The van der Waals surface area contributed by atoms with Gasteiger partial charge in [0.05, 0.1) is 5.52 Å². The number of aryl methyl sites for hydroxylation is 1. The van der Waals surface area contributed by atoms with Gasteiger partial charge in [-0.25, -0.2) is 26.5 Å². The fourth-order valence-electron chi connectivity index (χ4n) is 3.71. The normalized spacial score (nSPS) is 12.5. The van der Waals surface area contributed by atoms with E-state index in [2.05, 4.69) is 4.98 Å². The molecular formula is C21H15F5N4O2. The van der Waals surface area contributed by atoms with Crippen molar-refractivity contribution in [2.24, 2.45) is 0 Å². The molecule has 4 rings (SSSR count). The lowest BCUT2D eigenvalue weighted by Gasteiger charge is -2.21. The summed E-state index contributed by atoms with van der Waals surface area (Å²) < 4.78 is 71.6. The van der Waals surface area contributed by atoms with Crippen LogP contribution in [0.2, 0.25) is 0 Å². The van der Waals surface area contributed by atoms with Crippen LogP contribution < -0.4 is 10.9 Å². The van der Waals surface area contributed by atoms with Crippen LogP contribution in [0, 0.1) is 36.0 Å². The van der Waals surface area contributed by atoms with E-state index in [1.807, 2.05) is 5.32 Å². The third-order valence-electron chi connectivity index (χ3n) is 5.13. The van der Waals surface area contributed by atoms with Crippen LogP contribution in [0.4, 0.5) is 27.6 Å². The van der Waals surface area contributed by atoms with Crippen molar-refractivity contribution in [3.8, 4) is 0 Å². The molecule has 4 aromatic rings. The number of aromatic nitrogens is 3. The van der Waals surface area contributed by atoms with Gasteiger partial charge in [0, 0.05) is 17.1 Å². The van der Waals surface area contributed by atoms with Crippen LogP contribution in [0.3, 0.4) is 0 Å². The van der Waals surface area contributed by atoms with Crippen LogP contribution in [0.25, 0.3) is 16.6 Å². The van der Waals surface area contributed by atoms with Gasteiger partial charge in [0.2, 0.25) is 11.7 Å². The minimum atomic E-state index is -2.32. The number of nitrogens with one attached hydrogen (secondary N) is 1. The summed E-state index contributed by atoms with van der Waals surface area (Å²) in [7, 11) is 0. The van der Waals surface area contributed by atoms with Crippen molar-refractivity contribution in [2.45, 2.75) is 26.3 Å². The summed E-state index contributed by atoms with van der Waals surface area (Å²) in [5.41, 5.74) is -0.767. The fraction of sp³-hybridized carbons (Fsp3) is 0.190. The number of rotatable bonds is 4. The lowest BCUT2D eigenvalue weighted by Crippen LogP contribution is -2.30. The zero-order chi connectivity index (χ0) is 23.3. The second kappa shape index (κ2) is 7.74. The Morgan fingerprint density at radius 3 is 2.25 bits per heavy atom. The molecule has 2 heterocycles. The number of halogens is 5. The number of carbonyl (C=O) groups excluding carboxylic acids is 1. The van der Waals surface area contributed by atoms with Crippen molar-refractivity contribution >= 4 is 28.1 Å². The first kappa shape index (κ1) is 21.5. The standard InChI is InChI=1S/C21H15F5N4O2/c1-3-11(21(32)28-19-17(25)15(23)14(22)16(24)18(19)26)30-12-7-5-4-6-10(12)20-27-13(31)8-9(2)29(20)30/h4-8,11H,3H2,1-2H3,(H,28,32)/t11-/m0/s1. The molecule has 6 nitrogen and oxygen atoms in total. The maximum Gasteiger partial charge on any atom is 0.273 e. The van der Waals surface area contributed by atoms with E-state index in [9.17, 15) is 31.5 Å². The van der Waals surface area contributed by atoms with Crippen molar-refractivity contribution in [3.05, 3.63) is 75.5 Å². The molecule has 2 aromatic heterocycles. The fourth-order valence-corrected chi connectivity index (χ4v) is 3.71. The second-order valence-corrected chi connectivity index (χ2v) is 7.09. The molecule has 0 saturated heterocycles. The van der Waals surface area contributed by atoms with E-state index in [-0.39, 0.29) is 12.1 Å². The lowest BCUT2D eigenvalue weighted by molar-refractivity contribution is -0.119. The first-order chi connectivity index (χ1) is 15.2. The summed E-state index contributed by atoms with van der Waals surface area (Å²) >= 11 is 0. The molecule has 1 amide bonds. The number of benzene rings is 2. The van der Waals surface area contributed by atoms with Crippen molar-refractivity contribution in [3.63, 3.8) is 0 Å². The molecule has 0 saturated carbocycles. The minimum absolute atomic E-state index is 0.0839. The van der Waals surface area contributed by atoms with Gasteiger partial charge in [0.15, 0.2) is 28.9 Å². The van der Waals surface area contributed by atoms with Crippen molar-refractivity contribution < 1.29 is 26.7 Å². The number of nitrogens with zero attached hydrogens (tertiary/aromatic N) is 3. The Morgan fingerprint density at radius 2 is 1.62 bits per heavy atom. The highest BCUT2D eigenvalue weighted by atomic mass is 19.2. The van der Waals surface area contributed by atoms with Crippen LogP contribution in [-0.4, -0.2) is 20.1 Å². The minimum Gasteiger partial charge on any atom is -0.319 e. The monoisotopic (exact) mass is 450 g/mol. The molecule has 0 fully saturated rings. The van der Waals surface area contributed by atoms with E-state index >= 15 is 0 Å². The molecule has 11 heteroatoms. The van der Waals surface area contributed by atoms with Gasteiger partial charge in [0.25, 0.3) is 5.56 Å². The maximum atomic E-state index is 14.1. The SMILES string of the molecule is CC[C@@H](C(=O)Nc1c(F)c(F)c(F)c(F)c1F)n1c2ccccc2c2nc(=O)cc(C)n21. The predicted octanol–water partition coefficient (Wildman–Crippen LogP) is 4.24. The summed E-state index contributed by atoms with van der Waals surface area (Å²) in [6.45, 7) is 3.22. The Balaban J connectivity index is 1.91. The summed E-state index contributed by atoms with van der Waals surface area (Å²) in [5, 5.41) is 2.37. The third-order valence-corrected chi connectivity index (χ3v) is 5.13. The van der Waals surface area contributed by atoms with E-state index in [1.54, 1.807) is 38.1 Å². The van der Waals surface area contributed by atoms with Gasteiger partial charge < -0.3 is 5.32 Å². The molecule has 0 aliphatic carbocycles. The van der Waals surface area contributed by atoms with Gasteiger partial charge in [-0.3, -0.25) is 14.3 Å². The van der Waals surface area contributed by atoms with Crippen LogP contribution >= 0.6 is 0 Å². The second-order valence-electron chi connectivity index (χ2n) is 7.09. The Kier molecular flexibility index (Phi) is 5.19. The van der Waals surface area contributed by atoms with E-state index in [1.165, 1.54) is 15.3 Å². The van der Waals surface area contributed by atoms with Crippen LogP contribution in [0.5, 0.6) is 0 Å². The van der Waals surface area contributed by atoms with Gasteiger partial charge in [-0.2, -0.15) is 4.98 Å². The molecule has 2 aromatic carbocycles. The summed E-state index contributed by atoms with van der Waals surface area (Å²) in [4.78, 5) is 29.0. The molecule has 32 heavy (non-hydrogen) atoms. The van der Waals surface area contributed by atoms with Crippen molar-refractivity contribution in [2.75, 3.05) is 5.32 Å². The molecule has 1 atom stereocenters. The number of amides is 1. The summed E-state index contributed by atoms with van der Waals surface area (Å²) in [5.74, 6) is -12.0.